The van der Waals surface area contributed by atoms with E-state index in [1.54, 1.807) is 60.7 Å². The second-order valence-corrected chi connectivity index (χ2v) is 6.76. The average molecular weight is 410 g/mol. The maximum Gasteiger partial charge on any atom is 0.335 e. The predicted octanol–water partition coefficient (Wildman–Crippen LogP) is 4.52. The zero-order valence-electron chi connectivity index (χ0n) is 16.0. The number of aromatic carboxylic acids is 2. The van der Waals surface area contributed by atoms with E-state index in [2.05, 4.69) is 0 Å². The van der Waals surface area contributed by atoms with Gasteiger partial charge < -0.3 is 10.2 Å². The fourth-order valence-electron chi connectivity index (χ4n) is 1.38. The first kappa shape index (κ1) is 25.0. The van der Waals surface area contributed by atoms with E-state index in [0.717, 1.165) is 0 Å². The molecule has 2 rings (SSSR count). The fourth-order valence-corrected chi connectivity index (χ4v) is 2.07. The Kier molecular flexibility index (Phi) is 14.0. The van der Waals surface area contributed by atoms with E-state index in [4.69, 9.17) is 16.8 Å². The van der Waals surface area contributed by atoms with Crippen LogP contribution in [-0.2, 0) is 26.6 Å². The molecule has 2 N–H and O–H groups in total. The minimum atomic E-state index is -0.879. The van der Waals surface area contributed by atoms with Crippen LogP contribution in [0.1, 0.15) is 48.4 Å². The van der Waals surface area contributed by atoms with E-state index in [1.165, 1.54) is 0 Å². The van der Waals surface area contributed by atoms with Gasteiger partial charge in [0.05, 0.1) is 11.1 Å². The van der Waals surface area contributed by atoms with E-state index in [0.29, 0.717) is 23.3 Å². The Labute approximate surface area is 170 Å². The Morgan fingerprint density at radius 1 is 0.704 bits per heavy atom. The molecule has 2 aromatic rings. The van der Waals surface area contributed by atoms with Gasteiger partial charge in [-0.15, -0.1) is 0 Å². The maximum absolute atomic E-state index is 10.2. The molecule has 6 nitrogen and oxygen atoms in total. The number of carboxylic acid groups (broad SMARTS) is 2. The van der Waals surface area contributed by atoms with Gasteiger partial charge in [0.2, 0.25) is 0 Å². The summed E-state index contributed by atoms with van der Waals surface area (Å²) in [5.41, 5.74) is 0.662. The van der Waals surface area contributed by atoms with Crippen LogP contribution in [0.3, 0.4) is 0 Å². The molecule has 0 heterocycles. The van der Waals surface area contributed by atoms with Gasteiger partial charge in [0.15, 0.2) is 0 Å². The molecule has 0 aliphatic heterocycles. The third-order valence-electron chi connectivity index (χ3n) is 2.61. The summed E-state index contributed by atoms with van der Waals surface area (Å²) in [6.45, 7) is 8.08. The molecule has 0 aliphatic rings. The number of benzene rings is 2. The quantitative estimate of drug-likeness (QED) is 0.681. The molecule has 0 spiro atoms. The van der Waals surface area contributed by atoms with Gasteiger partial charge in [-0.3, -0.25) is 0 Å². The smallest absolute Gasteiger partial charge is 0.335 e. The van der Waals surface area contributed by atoms with Crippen LogP contribution in [0, 0.1) is 0 Å². The van der Waals surface area contributed by atoms with E-state index in [1.807, 2.05) is 27.7 Å². The second kappa shape index (κ2) is 15.1. The molecule has 0 aliphatic carbocycles. The molecule has 146 valence electrons. The van der Waals surface area contributed by atoms with Crippen molar-refractivity contribution in [2.75, 3.05) is 0 Å². The minimum Gasteiger partial charge on any atom is -0.478 e. The Morgan fingerprint density at radius 3 is 1.19 bits per heavy atom. The zero-order valence-corrected chi connectivity index (χ0v) is 17.5. The van der Waals surface area contributed by atoms with Gasteiger partial charge in [-0.05, 0) is 24.3 Å². The summed E-state index contributed by atoms with van der Waals surface area (Å²) < 4.78 is 10.5. The molecule has 0 saturated carbocycles. The van der Waals surface area contributed by atoms with Crippen molar-refractivity contribution in [2.45, 2.75) is 39.9 Å². The summed E-state index contributed by atoms with van der Waals surface area (Å²) in [5, 5.41) is 16.8. The second-order valence-electron chi connectivity index (χ2n) is 5.76. The van der Waals surface area contributed by atoms with Crippen molar-refractivity contribution in [1.29, 1.82) is 0 Å². The van der Waals surface area contributed by atoms with Crippen molar-refractivity contribution in [3.8, 4) is 0 Å². The van der Waals surface area contributed by atoms with Gasteiger partial charge in [0.1, 0.15) is 0 Å². The molecular formula is C20H26O6Ti. The first-order chi connectivity index (χ1) is 12.7. The normalized spacial score (nSPS) is 9.56. The summed E-state index contributed by atoms with van der Waals surface area (Å²) in [6.07, 6.45) is 0.646. The van der Waals surface area contributed by atoms with Crippen LogP contribution in [-0.4, -0.2) is 34.4 Å². The number of carbonyl (C=O) groups is 2. The number of hydrogen-bond donors (Lipinski definition) is 2. The molecule has 0 unspecified atom stereocenters. The molecule has 0 aromatic heterocycles. The minimum absolute atomic E-state index is 0.323. The first-order valence-electron chi connectivity index (χ1n) is 8.37. The van der Waals surface area contributed by atoms with Crippen LogP contribution in [0.4, 0.5) is 0 Å². The van der Waals surface area contributed by atoms with Gasteiger partial charge in [-0.25, -0.2) is 9.59 Å². The molecule has 27 heavy (non-hydrogen) atoms. The summed E-state index contributed by atoms with van der Waals surface area (Å²) in [4.78, 5) is 20.4. The SMILES string of the molecule is CC(C)[O][Ti][O]C(C)C.O=C(O)c1ccccc1.O=C(O)c1ccccc1. The van der Waals surface area contributed by atoms with Crippen molar-refractivity contribution in [1.82, 2.24) is 0 Å². The van der Waals surface area contributed by atoms with Crippen molar-refractivity contribution in [2.24, 2.45) is 0 Å². The van der Waals surface area contributed by atoms with E-state index in [-0.39, 0.29) is 0 Å². The van der Waals surface area contributed by atoms with Crippen molar-refractivity contribution >= 4 is 11.9 Å². The van der Waals surface area contributed by atoms with Crippen LogP contribution >= 0.6 is 0 Å². The molecular weight excluding hydrogens is 384 g/mol. The van der Waals surface area contributed by atoms with Crippen LogP contribution in [0.5, 0.6) is 0 Å². The molecule has 2 aromatic carbocycles. The van der Waals surface area contributed by atoms with Gasteiger partial charge in [0, 0.05) is 0 Å². The third kappa shape index (κ3) is 14.8. The van der Waals surface area contributed by atoms with Crippen LogP contribution in [0.2, 0.25) is 0 Å². The summed E-state index contributed by atoms with van der Waals surface area (Å²) in [7, 11) is 0. The molecule has 0 radical (unpaired) electrons. The van der Waals surface area contributed by atoms with Gasteiger partial charge in [0.25, 0.3) is 0 Å². The van der Waals surface area contributed by atoms with Gasteiger partial charge in [-0.2, -0.15) is 0 Å². The molecule has 0 amide bonds. The molecule has 0 fully saturated rings. The van der Waals surface area contributed by atoms with Gasteiger partial charge in [-0.1, -0.05) is 36.4 Å². The molecule has 7 heteroatoms. The predicted molar refractivity (Wildman–Crippen MR) is 99.2 cm³/mol. The van der Waals surface area contributed by atoms with Crippen LogP contribution < -0.4 is 0 Å². The van der Waals surface area contributed by atoms with E-state index in [9.17, 15) is 9.59 Å². The molecule has 0 saturated heterocycles. The third-order valence-corrected chi connectivity index (χ3v) is 4.38. The van der Waals surface area contributed by atoms with E-state index >= 15 is 0 Å². The monoisotopic (exact) mass is 410 g/mol. The fraction of sp³-hybridized carbons (Fsp3) is 0.300. The van der Waals surface area contributed by atoms with E-state index < -0.39 is 31.9 Å². The first-order valence-corrected chi connectivity index (χ1v) is 9.64. The Balaban J connectivity index is 0.000000376. The zero-order chi connectivity index (χ0) is 20.7. The standard InChI is InChI=1S/2C7H6O2.2C3H7O.Ti/c2*8-7(9)6-4-2-1-3-5-6;2*1-3(2)4;/h2*1-5H,(H,8,9);2*3H,1-2H3;/q;;2*-1;+2. The molecule has 0 atom stereocenters. The van der Waals surface area contributed by atoms with Crippen molar-refractivity contribution < 1.29 is 46.4 Å². The Hall–Kier alpha value is -1.99. The summed E-state index contributed by atoms with van der Waals surface area (Å²) in [6, 6.07) is 16.6. The Bertz CT molecular complexity index is 587. The topological polar surface area (TPSA) is 93.1 Å². The Morgan fingerprint density at radius 2 is 1.00 bits per heavy atom. The van der Waals surface area contributed by atoms with Crippen LogP contribution in [0.15, 0.2) is 60.7 Å². The van der Waals surface area contributed by atoms with Crippen molar-refractivity contribution in [3.63, 3.8) is 0 Å². The largest absolute Gasteiger partial charge is 0.478 e. The number of carboxylic acids is 2. The average Bonchev–Trinajstić information content (AvgIpc) is 2.63. The molecule has 0 bridgehead atoms. The maximum atomic E-state index is 10.2. The summed E-state index contributed by atoms with van der Waals surface area (Å²) in [5.74, 6) is -1.76. The van der Waals surface area contributed by atoms with Crippen LogP contribution in [0.25, 0.3) is 0 Å². The van der Waals surface area contributed by atoms with Gasteiger partial charge >= 0.3 is 78.4 Å². The number of hydrogen-bond acceptors (Lipinski definition) is 4. The summed E-state index contributed by atoms with van der Waals surface area (Å²) >= 11 is -0.574. The van der Waals surface area contributed by atoms with Crippen molar-refractivity contribution in [3.05, 3.63) is 71.8 Å². The number of rotatable bonds is 6.